The molecule has 2 heteroatoms. The van der Waals surface area contributed by atoms with Gasteiger partial charge in [-0.2, -0.15) is 0 Å². The van der Waals surface area contributed by atoms with Gasteiger partial charge in [-0.3, -0.25) is 0 Å². The van der Waals surface area contributed by atoms with Crippen LogP contribution in [0, 0.1) is 0 Å². The highest BCUT2D eigenvalue weighted by Gasteiger charge is 2.21. The first kappa shape index (κ1) is 29.1. The average Bonchev–Trinajstić information content (AvgIpc) is 3.12. The van der Waals surface area contributed by atoms with Gasteiger partial charge >= 0.3 is 0 Å². The molecule has 0 aliphatic heterocycles. The molecule has 7 aromatic rings. The summed E-state index contributed by atoms with van der Waals surface area (Å²) < 4.78 is 0. The highest BCUT2D eigenvalue weighted by Crippen LogP contribution is 2.37. The van der Waals surface area contributed by atoms with Gasteiger partial charge in [0.15, 0.2) is 0 Å². The first-order chi connectivity index (χ1) is 22.4. The van der Waals surface area contributed by atoms with Crippen molar-refractivity contribution in [2.75, 3.05) is 0 Å². The van der Waals surface area contributed by atoms with E-state index in [0.717, 1.165) is 50.6 Å². The predicted octanol–water partition coefficient (Wildman–Crippen LogP) is 11.8. The third kappa shape index (κ3) is 6.29. The van der Waals surface area contributed by atoms with E-state index in [4.69, 9.17) is 9.97 Å². The van der Waals surface area contributed by atoms with E-state index in [2.05, 4.69) is 185 Å². The molecule has 0 bridgehead atoms. The van der Waals surface area contributed by atoms with Gasteiger partial charge in [0.05, 0.1) is 11.4 Å². The van der Waals surface area contributed by atoms with Crippen molar-refractivity contribution in [2.24, 2.45) is 0 Å². The zero-order chi connectivity index (χ0) is 31.5. The molecule has 0 N–H and O–H groups in total. The Labute approximate surface area is 272 Å². The van der Waals surface area contributed by atoms with Crippen LogP contribution in [0.3, 0.4) is 0 Å². The summed E-state index contributed by atoms with van der Waals surface area (Å²) in [6, 6.07) is 58.1. The van der Waals surface area contributed by atoms with Crippen LogP contribution in [0.2, 0.25) is 0 Å². The average molecular weight is 593 g/mol. The van der Waals surface area contributed by atoms with Crippen LogP contribution in [0.1, 0.15) is 26.6 Å². The standard InChI is InChI=1S/C44H36N2/c1-44(2,3)43-45-41(39-26-35(31-16-8-4-9-17-31)24-36(27-39)32-18-10-5-11-19-32)30-42(46-43)40-28-37(33-20-12-6-13-21-33)25-38(29-40)34-22-14-7-15-23-34/h4-30H,1-3H3. The summed E-state index contributed by atoms with van der Waals surface area (Å²) in [7, 11) is 0. The van der Waals surface area contributed by atoms with Gasteiger partial charge in [-0.1, -0.05) is 142 Å². The minimum atomic E-state index is -0.247. The van der Waals surface area contributed by atoms with E-state index >= 15 is 0 Å². The molecule has 0 amide bonds. The minimum Gasteiger partial charge on any atom is -0.232 e. The van der Waals surface area contributed by atoms with Crippen LogP contribution >= 0.6 is 0 Å². The summed E-state index contributed by atoms with van der Waals surface area (Å²) in [5.74, 6) is 0.817. The van der Waals surface area contributed by atoms with Crippen LogP contribution in [-0.4, -0.2) is 9.97 Å². The highest BCUT2D eigenvalue weighted by molar-refractivity contribution is 5.83. The van der Waals surface area contributed by atoms with Crippen molar-refractivity contribution in [3.63, 3.8) is 0 Å². The fourth-order valence-electron chi connectivity index (χ4n) is 5.82. The molecule has 0 radical (unpaired) electrons. The summed E-state index contributed by atoms with van der Waals surface area (Å²) in [4.78, 5) is 10.4. The molecule has 0 aliphatic carbocycles. The lowest BCUT2D eigenvalue weighted by Crippen LogP contribution is -2.17. The van der Waals surface area contributed by atoms with Crippen molar-refractivity contribution in [3.8, 4) is 67.0 Å². The molecule has 0 saturated carbocycles. The third-order valence-electron chi connectivity index (χ3n) is 8.28. The van der Waals surface area contributed by atoms with E-state index in [1.807, 2.05) is 0 Å². The molecule has 0 spiro atoms. The zero-order valence-electron chi connectivity index (χ0n) is 26.5. The first-order valence-corrected chi connectivity index (χ1v) is 15.8. The van der Waals surface area contributed by atoms with Crippen molar-refractivity contribution in [2.45, 2.75) is 26.2 Å². The lowest BCUT2D eigenvalue weighted by Gasteiger charge is -2.20. The summed E-state index contributed by atoms with van der Waals surface area (Å²) in [5.41, 5.74) is 13.1. The van der Waals surface area contributed by atoms with Crippen LogP contribution in [0.25, 0.3) is 67.0 Å². The molecule has 0 aliphatic rings. The second kappa shape index (κ2) is 12.4. The Morgan fingerprint density at radius 3 is 0.826 bits per heavy atom. The smallest absolute Gasteiger partial charge is 0.135 e. The molecule has 222 valence electrons. The molecular formula is C44H36N2. The van der Waals surface area contributed by atoms with Gasteiger partial charge in [-0.15, -0.1) is 0 Å². The Morgan fingerprint density at radius 2 is 0.565 bits per heavy atom. The summed E-state index contributed by atoms with van der Waals surface area (Å²) >= 11 is 0. The monoisotopic (exact) mass is 592 g/mol. The second-order valence-corrected chi connectivity index (χ2v) is 12.8. The van der Waals surface area contributed by atoms with Crippen molar-refractivity contribution < 1.29 is 0 Å². The summed E-state index contributed by atoms with van der Waals surface area (Å²) in [6.07, 6.45) is 0. The number of hydrogen-bond acceptors (Lipinski definition) is 2. The van der Waals surface area contributed by atoms with E-state index in [-0.39, 0.29) is 5.41 Å². The van der Waals surface area contributed by atoms with Crippen molar-refractivity contribution in [3.05, 3.63) is 170 Å². The van der Waals surface area contributed by atoms with Gasteiger partial charge in [-0.05, 0) is 87.0 Å². The second-order valence-electron chi connectivity index (χ2n) is 12.8. The fraction of sp³-hybridized carbons (Fsp3) is 0.0909. The maximum Gasteiger partial charge on any atom is 0.135 e. The van der Waals surface area contributed by atoms with Gasteiger partial charge < -0.3 is 0 Å². The zero-order valence-corrected chi connectivity index (χ0v) is 26.5. The number of aromatic nitrogens is 2. The van der Waals surface area contributed by atoms with Crippen LogP contribution in [0.5, 0.6) is 0 Å². The van der Waals surface area contributed by atoms with Gasteiger partial charge in [-0.25, -0.2) is 9.97 Å². The van der Waals surface area contributed by atoms with Gasteiger partial charge in [0.2, 0.25) is 0 Å². The Kier molecular flexibility index (Phi) is 7.86. The summed E-state index contributed by atoms with van der Waals surface area (Å²) in [6.45, 7) is 6.55. The Hall–Kier alpha value is -5.60. The SMILES string of the molecule is CC(C)(C)c1nc(-c2cc(-c3ccccc3)cc(-c3ccccc3)c2)cc(-c2cc(-c3ccccc3)cc(-c3ccccc3)c2)n1. The highest BCUT2D eigenvalue weighted by atomic mass is 14.9. The maximum atomic E-state index is 5.22. The Balaban J connectivity index is 1.45. The van der Waals surface area contributed by atoms with E-state index in [1.165, 1.54) is 22.3 Å². The molecule has 1 heterocycles. The van der Waals surface area contributed by atoms with Crippen molar-refractivity contribution >= 4 is 0 Å². The lowest BCUT2D eigenvalue weighted by atomic mass is 9.92. The number of rotatable bonds is 6. The maximum absolute atomic E-state index is 5.22. The molecular weight excluding hydrogens is 556 g/mol. The van der Waals surface area contributed by atoms with Crippen LogP contribution in [0.4, 0.5) is 0 Å². The molecule has 2 nitrogen and oxygen atoms in total. The largest absolute Gasteiger partial charge is 0.232 e. The first-order valence-electron chi connectivity index (χ1n) is 15.8. The third-order valence-corrected chi connectivity index (χ3v) is 8.28. The normalized spacial score (nSPS) is 11.4. The van der Waals surface area contributed by atoms with Crippen molar-refractivity contribution in [1.29, 1.82) is 0 Å². The molecule has 6 aromatic carbocycles. The van der Waals surface area contributed by atoms with Gasteiger partial charge in [0, 0.05) is 16.5 Å². The van der Waals surface area contributed by atoms with E-state index < -0.39 is 0 Å². The van der Waals surface area contributed by atoms with Gasteiger partial charge in [0.25, 0.3) is 0 Å². The quantitative estimate of drug-likeness (QED) is 0.192. The van der Waals surface area contributed by atoms with Crippen molar-refractivity contribution in [1.82, 2.24) is 9.97 Å². The summed E-state index contributed by atoms with van der Waals surface area (Å²) in [5, 5.41) is 0. The minimum absolute atomic E-state index is 0.247. The molecule has 1 aromatic heterocycles. The molecule has 0 saturated heterocycles. The molecule has 0 unspecified atom stereocenters. The molecule has 0 atom stereocenters. The number of benzene rings is 6. The van der Waals surface area contributed by atoms with Crippen LogP contribution in [0.15, 0.2) is 164 Å². The van der Waals surface area contributed by atoms with Crippen LogP contribution in [-0.2, 0) is 5.41 Å². The fourth-order valence-corrected chi connectivity index (χ4v) is 5.82. The number of nitrogens with zero attached hydrogens (tertiary/aromatic N) is 2. The topological polar surface area (TPSA) is 25.8 Å². The van der Waals surface area contributed by atoms with Gasteiger partial charge in [0.1, 0.15) is 5.82 Å². The van der Waals surface area contributed by atoms with E-state index in [1.54, 1.807) is 0 Å². The Bertz CT molecular complexity index is 1830. The Morgan fingerprint density at radius 1 is 0.304 bits per heavy atom. The molecule has 7 rings (SSSR count). The van der Waals surface area contributed by atoms with E-state index in [0.29, 0.717) is 0 Å². The molecule has 0 fully saturated rings. The predicted molar refractivity (Wildman–Crippen MR) is 193 cm³/mol. The van der Waals surface area contributed by atoms with E-state index in [9.17, 15) is 0 Å². The lowest BCUT2D eigenvalue weighted by molar-refractivity contribution is 0.547. The molecule has 46 heavy (non-hydrogen) atoms. The van der Waals surface area contributed by atoms with Crippen LogP contribution < -0.4 is 0 Å². The number of hydrogen-bond donors (Lipinski definition) is 0.